The third-order valence-corrected chi connectivity index (χ3v) is 7.17. The number of hydrogen-bond donors (Lipinski definition) is 2. The van der Waals surface area contributed by atoms with Crippen molar-refractivity contribution in [3.63, 3.8) is 0 Å². The molecule has 0 atom stereocenters. The molecule has 0 spiro atoms. The Kier molecular flexibility index (Phi) is 2.90. The molecule has 0 saturated carbocycles. The predicted octanol–water partition coefficient (Wildman–Crippen LogP) is 1.18. The van der Waals surface area contributed by atoms with Crippen molar-refractivity contribution in [3.05, 3.63) is 35.5 Å². The summed E-state index contributed by atoms with van der Waals surface area (Å²) >= 11 is 0. The molecule has 0 radical (unpaired) electrons. The molecule has 4 aliphatic rings. The van der Waals surface area contributed by atoms with Gasteiger partial charge in [0.25, 0.3) is 0 Å². The molecule has 4 bridgehead atoms. The lowest BCUT2D eigenvalue weighted by molar-refractivity contribution is -1.18. The Balaban J connectivity index is 1.68. The van der Waals surface area contributed by atoms with Crippen LogP contribution in [-0.4, -0.2) is 30.7 Å². The third kappa shape index (κ3) is 1.86. The summed E-state index contributed by atoms with van der Waals surface area (Å²) in [7, 11) is 0. The van der Waals surface area contributed by atoms with Gasteiger partial charge in [-0.15, -0.1) is 0 Å². The van der Waals surface area contributed by atoms with E-state index in [-0.39, 0.29) is 0 Å². The molecule has 0 amide bonds. The zero-order valence-corrected chi connectivity index (χ0v) is 15.6. The summed E-state index contributed by atoms with van der Waals surface area (Å²) < 4.78 is 2.53. The summed E-state index contributed by atoms with van der Waals surface area (Å²) in [4.78, 5) is 3.70. The first kappa shape index (κ1) is 15.0. The molecule has 5 heterocycles. The minimum absolute atomic E-state index is 0.559. The topological polar surface area (TPSA) is 13.8 Å². The fraction of sp³-hybridized carbons (Fsp3) is 0.619. The van der Waals surface area contributed by atoms with Crippen LogP contribution in [0.3, 0.4) is 0 Å². The van der Waals surface area contributed by atoms with Crippen molar-refractivity contribution in [2.24, 2.45) is 10.8 Å². The van der Waals surface area contributed by atoms with Gasteiger partial charge in [0.1, 0.15) is 0 Å². The molecular formula is C21H31N3+2. The van der Waals surface area contributed by atoms with E-state index in [2.05, 4.69) is 56.5 Å². The second-order valence-electron chi connectivity index (χ2n) is 9.52. The highest BCUT2D eigenvalue weighted by atomic mass is 15.4. The Bertz CT molecular complexity index is 782. The molecule has 4 aliphatic heterocycles. The maximum absolute atomic E-state index is 2.54. The number of fused-ring (bicyclic) bond motifs is 1. The Morgan fingerprint density at radius 3 is 2.21 bits per heavy atom. The quantitative estimate of drug-likeness (QED) is 0.824. The summed E-state index contributed by atoms with van der Waals surface area (Å²) in [6.45, 7) is 16.2. The standard InChI is InChI=1S/C21H29N3/c1-5-24-15(2)18(16-8-6-7-9-17(16)24)19-22-11-20(3)10-21(4,13-22)14-23(19)12-20/h6-9,19H,5,10-14H2,1-4H3/p+2. The van der Waals surface area contributed by atoms with Crippen molar-refractivity contribution in [3.8, 4) is 0 Å². The first-order chi connectivity index (χ1) is 11.4. The van der Waals surface area contributed by atoms with Crippen molar-refractivity contribution in [2.45, 2.75) is 46.8 Å². The van der Waals surface area contributed by atoms with E-state index in [1.54, 1.807) is 5.56 Å². The molecule has 128 valence electrons. The number of piperidine rings is 2. The van der Waals surface area contributed by atoms with Crippen LogP contribution >= 0.6 is 0 Å². The summed E-state index contributed by atoms with van der Waals surface area (Å²) in [6.07, 6.45) is 2.08. The van der Waals surface area contributed by atoms with E-state index in [1.807, 2.05) is 9.80 Å². The Morgan fingerprint density at radius 2 is 1.62 bits per heavy atom. The SMILES string of the molecule is CCn1c(C)c(C2[NH+]3CC4(C)C[NH+]2CC(C)(C3)C4)c2ccccc21. The van der Waals surface area contributed by atoms with Crippen LogP contribution in [0.15, 0.2) is 24.3 Å². The van der Waals surface area contributed by atoms with Crippen LogP contribution in [0, 0.1) is 17.8 Å². The highest BCUT2D eigenvalue weighted by Gasteiger charge is 2.63. The lowest BCUT2D eigenvalue weighted by Gasteiger charge is -2.60. The molecule has 1 aromatic carbocycles. The van der Waals surface area contributed by atoms with Crippen LogP contribution in [0.25, 0.3) is 10.9 Å². The largest absolute Gasteiger partial charge is 0.344 e. The highest BCUT2D eigenvalue weighted by Crippen LogP contribution is 2.40. The highest BCUT2D eigenvalue weighted by molar-refractivity contribution is 5.85. The number of rotatable bonds is 2. The van der Waals surface area contributed by atoms with E-state index in [4.69, 9.17) is 0 Å². The van der Waals surface area contributed by atoms with Gasteiger partial charge in [0.05, 0.1) is 42.6 Å². The van der Waals surface area contributed by atoms with Crippen molar-refractivity contribution in [2.75, 3.05) is 26.2 Å². The average Bonchev–Trinajstić information content (AvgIpc) is 2.76. The Labute approximate surface area is 145 Å². The third-order valence-electron chi connectivity index (χ3n) is 7.17. The Morgan fingerprint density at radius 1 is 1.04 bits per heavy atom. The second-order valence-corrected chi connectivity index (χ2v) is 9.52. The van der Waals surface area contributed by atoms with Gasteiger partial charge in [0.2, 0.25) is 6.17 Å². The minimum atomic E-state index is 0.559. The monoisotopic (exact) mass is 325 g/mol. The van der Waals surface area contributed by atoms with Gasteiger partial charge < -0.3 is 4.57 Å². The van der Waals surface area contributed by atoms with Gasteiger partial charge in [-0.3, -0.25) is 9.80 Å². The summed E-state index contributed by atoms with van der Waals surface area (Å²) in [5.74, 6) is 0. The van der Waals surface area contributed by atoms with Gasteiger partial charge in [0, 0.05) is 23.1 Å². The lowest BCUT2D eigenvalue weighted by Crippen LogP contribution is -3.40. The van der Waals surface area contributed by atoms with E-state index in [1.165, 1.54) is 49.2 Å². The first-order valence-electron chi connectivity index (χ1n) is 9.70. The van der Waals surface area contributed by atoms with Crippen molar-refractivity contribution in [1.82, 2.24) is 4.57 Å². The van der Waals surface area contributed by atoms with Crippen LogP contribution in [-0.2, 0) is 6.54 Å². The number of hydrogen-bond acceptors (Lipinski definition) is 0. The fourth-order valence-corrected chi connectivity index (χ4v) is 7.06. The van der Waals surface area contributed by atoms with Crippen LogP contribution < -0.4 is 9.80 Å². The zero-order valence-electron chi connectivity index (χ0n) is 15.6. The molecule has 0 aliphatic carbocycles. The summed E-state index contributed by atoms with van der Waals surface area (Å²) in [6, 6.07) is 9.08. The van der Waals surface area contributed by atoms with Crippen molar-refractivity contribution in [1.29, 1.82) is 0 Å². The van der Waals surface area contributed by atoms with Gasteiger partial charge in [-0.1, -0.05) is 18.2 Å². The second kappa shape index (κ2) is 4.64. The molecule has 3 heteroatoms. The summed E-state index contributed by atoms with van der Waals surface area (Å²) in [5.41, 5.74) is 5.70. The number of benzene rings is 1. The fourth-order valence-electron chi connectivity index (χ4n) is 7.06. The molecule has 4 fully saturated rings. The van der Waals surface area contributed by atoms with Gasteiger partial charge >= 0.3 is 0 Å². The molecule has 2 aromatic rings. The average molecular weight is 326 g/mol. The van der Waals surface area contributed by atoms with E-state index >= 15 is 0 Å². The minimum Gasteiger partial charge on any atom is -0.344 e. The molecule has 2 N–H and O–H groups in total. The number of nitrogens with zero attached hydrogens (tertiary/aromatic N) is 1. The summed E-state index contributed by atoms with van der Waals surface area (Å²) in [5, 5.41) is 1.50. The van der Waals surface area contributed by atoms with E-state index in [0.29, 0.717) is 17.0 Å². The van der Waals surface area contributed by atoms with Gasteiger partial charge in [-0.2, -0.15) is 0 Å². The van der Waals surface area contributed by atoms with Crippen LogP contribution in [0.4, 0.5) is 0 Å². The number of quaternary nitrogens is 2. The maximum Gasteiger partial charge on any atom is 0.242 e. The molecule has 24 heavy (non-hydrogen) atoms. The van der Waals surface area contributed by atoms with Crippen molar-refractivity contribution < 1.29 is 9.80 Å². The van der Waals surface area contributed by atoms with Crippen molar-refractivity contribution >= 4 is 10.9 Å². The van der Waals surface area contributed by atoms with Gasteiger partial charge in [0.15, 0.2) is 0 Å². The van der Waals surface area contributed by atoms with Crippen LogP contribution in [0.2, 0.25) is 0 Å². The lowest BCUT2D eigenvalue weighted by atomic mass is 9.63. The number of para-hydroxylation sites is 1. The van der Waals surface area contributed by atoms with Gasteiger partial charge in [-0.25, -0.2) is 0 Å². The maximum atomic E-state index is 2.54. The molecule has 6 rings (SSSR count). The number of aryl methyl sites for hydroxylation is 1. The molecule has 1 aromatic heterocycles. The normalized spacial score (nSPS) is 40.6. The molecular weight excluding hydrogens is 294 g/mol. The molecule has 3 nitrogen and oxygen atoms in total. The molecule has 0 unspecified atom stereocenters. The first-order valence-corrected chi connectivity index (χ1v) is 9.70. The smallest absolute Gasteiger partial charge is 0.242 e. The number of nitrogens with one attached hydrogen (secondary N) is 2. The predicted molar refractivity (Wildman–Crippen MR) is 97.3 cm³/mol. The van der Waals surface area contributed by atoms with Crippen LogP contribution in [0.5, 0.6) is 0 Å². The zero-order chi connectivity index (χ0) is 16.7. The van der Waals surface area contributed by atoms with Crippen LogP contribution in [0.1, 0.15) is 44.6 Å². The van der Waals surface area contributed by atoms with Gasteiger partial charge in [-0.05, 0) is 40.2 Å². The molecule has 4 saturated heterocycles. The Hall–Kier alpha value is -1.32. The van der Waals surface area contributed by atoms with E-state index in [9.17, 15) is 0 Å². The number of aromatic nitrogens is 1. The van der Waals surface area contributed by atoms with E-state index < -0.39 is 0 Å². The van der Waals surface area contributed by atoms with E-state index in [0.717, 1.165) is 6.54 Å².